The first-order valence-corrected chi connectivity index (χ1v) is 8.76. The number of hydrogen-bond donors (Lipinski definition) is 1. The Morgan fingerprint density at radius 2 is 2.14 bits per heavy atom. The molecule has 0 saturated heterocycles. The lowest BCUT2D eigenvalue weighted by Gasteiger charge is -2.45. The largest absolute Gasteiger partial charge is 0.366 e. The molecule has 3 saturated carbocycles. The zero-order chi connectivity index (χ0) is 14.4. The second-order valence-electron chi connectivity index (χ2n) is 6.67. The van der Waals surface area contributed by atoms with Gasteiger partial charge in [-0.3, -0.25) is 0 Å². The maximum Gasteiger partial charge on any atom is 0.153 e. The van der Waals surface area contributed by atoms with Gasteiger partial charge in [0, 0.05) is 18.4 Å². The molecule has 3 aliphatic carbocycles. The number of rotatable bonds is 3. The van der Waals surface area contributed by atoms with Gasteiger partial charge in [0.25, 0.3) is 0 Å². The molecule has 5 heteroatoms. The highest BCUT2D eigenvalue weighted by Crippen LogP contribution is 2.46. The number of fused-ring (bicyclic) bond motifs is 4. The van der Waals surface area contributed by atoms with Crippen LogP contribution in [0.25, 0.3) is 5.52 Å². The molecule has 4 nitrogen and oxygen atoms in total. The van der Waals surface area contributed by atoms with Gasteiger partial charge in [-0.25, -0.2) is 9.50 Å². The van der Waals surface area contributed by atoms with Gasteiger partial charge in [0.15, 0.2) is 5.82 Å². The molecule has 3 aliphatic rings. The van der Waals surface area contributed by atoms with Crippen LogP contribution in [0.1, 0.15) is 39.0 Å². The van der Waals surface area contributed by atoms with Crippen LogP contribution in [0.2, 0.25) is 0 Å². The van der Waals surface area contributed by atoms with Gasteiger partial charge in [0.1, 0.15) is 5.52 Å². The van der Waals surface area contributed by atoms with E-state index in [9.17, 15) is 0 Å². The van der Waals surface area contributed by atoms with Gasteiger partial charge >= 0.3 is 0 Å². The number of aromatic nitrogens is 3. The quantitative estimate of drug-likeness (QED) is 0.906. The molecule has 2 unspecified atom stereocenters. The minimum absolute atomic E-state index is 0.471. The van der Waals surface area contributed by atoms with Crippen LogP contribution in [-0.4, -0.2) is 20.6 Å². The average Bonchev–Trinajstić information content (AvgIpc) is 2.91. The summed E-state index contributed by atoms with van der Waals surface area (Å²) in [5, 5.41) is 7.99. The van der Waals surface area contributed by atoms with Crippen molar-refractivity contribution in [3.05, 3.63) is 23.1 Å². The van der Waals surface area contributed by atoms with Gasteiger partial charge in [0.2, 0.25) is 0 Å². The zero-order valence-electron chi connectivity index (χ0n) is 12.3. The molecule has 2 heterocycles. The summed E-state index contributed by atoms with van der Waals surface area (Å²) in [5.41, 5.74) is 1.03. The molecule has 0 radical (unpaired) electrons. The Hall–Kier alpha value is -1.10. The van der Waals surface area contributed by atoms with Crippen LogP contribution in [0.15, 0.2) is 23.1 Å². The van der Waals surface area contributed by atoms with Crippen LogP contribution in [-0.2, 0) is 0 Å². The Bertz CT molecular complexity index is 645. The van der Waals surface area contributed by atoms with Crippen molar-refractivity contribution in [3.8, 4) is 0 Å². The molecule has 0 amide bonds. The molecule has 0 aliphatic heterocycles. The molecule has 0 aromatic carbocycles. The lowest BCUT2D eigenvalue weighted by molar-refractivity contribution is 0.0892. The molecule has 2 aromatic heterocycles. The Labute approximate surface area is 133 Å². The van der Waals surface area contributed by atoms with Gasteiger partial charge in [-0.2, -0.15) is 5.10 Å². The van der Waals surface area contributed by atoms with Crippen molar-refractivity contribution in [2.24, 2.45) is 17.8 Å². The van der Waals surface area contributed by atoms with E-state index < -0.39 is 0 Å². The van der Waals surface area contributed by atoms with Crippen molar-refractivity contribution in [1.82, 2.24) is 14.6 Å². The van der Waals surface area contributed by atoms with Crippen molar-refractivity contribution >= 4 is 27.3 Å². The van der Waals surface area contributed by atoms with E-state index in [1.165, 1.54) is 32.1 Å². The van der Waals surface area contributed by atoms with Gasteiger partial charge in [-0.15, -0.1) is 0 Å². The van der Waals surface area contributed by atoms with E-state index in [0.717, 1.165) is 33.6 Å². The second kappa shape index (κ2) is 5.27. The minimum Gasteiger partial charge on any atom is -0.366 e. The molecule has 2 atom stereocenters. The fourth-order valence-electron chi connectivity index (χ4n) is 4.38. The van der Waals surface area contributed by atoms with Crippen LogP contribution in [0.4, 0.5) is 5.82 Å². The maximum atomic E-state index is 4.53. The lowest BCUT2D eigenvalue weighted by Crippen LogP contribution is -2.40. The monoisotopic (exact) mass is 348 g/mol. The SMILES string of the molecule is CC(Nc1nccn2ncc(Br)c12)C1CC2CCC1CC2. The van der Waals surface area contributed by atoms with Crippen molar-refractivity contribution in [3.63, 3.8) is 0 Å². The average molecular weight is 349 g/mol. The number of anilines is 1. The third-order valence-electron chi connectivity index (χ3n) is 5.50. The van der Waals surface area contributed by atoms with E-state index >= 15 is 0 Å². The van der Waals surface area contributed by atoms with Gasteiger partial charge in [0.05, 0.1) is 10.7 Å². The van der Waals surface area contributed by atoms with Crippen molar-refractivity contribution < 1.29 is 0 Å². The zero-order valence-corrected chi connectivity index (χ0v) is 13.9. The first-order valence-electron chi connectivity index (χ1n) is 7.96. The second-order valence-corrected chi connectivity index (χ2v) is 7.53. The highest BCUT2D eigenvalue weighted by Gasteiger charge is 2.38. The van der Waals surface area contributed by atoms with E-state index in [0.29, 0.717) is 6.04 Å². The van der Waals surface area contributed by atoms with Crippen molar-refractivity contribution in [1.29, 1.82) is 0 Å². The summed E-state index contributed by atoms with van der Waals surface area (Å²) in [5.74, 6) is 3.61. The Kier molecular flexibility index (Phi) is 3.40. The minimum atomic E-state index is 0.471. The lowest BCUT2D eigenvalue weighted by atomic mass is 9.63. The third kappa shape index (κ3) is 2.35. The topological polar surface area (TPSA) is 42.2 Å². The third-order valence-corrected chi connectivity index (χ3v) is 6.08. The van der Waals surface area contributed by atoms with Crippen molar-refractivity contribution in [2.45, 2.75) is 45.1 Å². The summed E-state index contributed by atoms with van der Waals surface area (Å²) in [6, 6.07) is 0.471. The van der Waals surface area contributed by atoms with Gasteiger partial charge in [-0.1, -0.05) is 12.8 Å². The maximum absolute atomic E-state index is 4.53. The molecule has 2 bridgehead atoms. The predicted molar refractivity (Wildman–Crippen MR) is 87.3 cm³/mol. The molecule has 112 valence electrons. The van der Waals surface area contributed by atoms with Crippen LogP contribution >= 0.6 is 15.9 Å². The molecule has 1 N–H and O–H groups in total. The van der Waals surface area contributed by atoms with Crippen molar-refractivity contribution in [2.75, 3.05) is 5.32 Å². The number of halogens is 1. The molecule has 2 aromatic rings. The summed E-state index contributed by atoms with van der Waals surface area (Å²) in [6.07, 6.45) is 12.7. The van der Waals surface area contributed by atoms with Gasteiger partial charge < -0.3 is 5.32 Å². The molecular formula is C16H21BrN4. The van der Waals surface area contributed by atoms with Crippen LogP contribution in [0.3, 0.4) is 0 Å². The summed E-state index contributed by atoms with van der Waals surface area (Å²) < 4.78 is 2.87. The van der Waals surface area contributed by atoms with E-state index in [-0.39, 0.29) is 0 Å². The predicted octanol–water partition coefficient (Wildman–Crippen LogP) is 4.12. The Morgan fingerprint density at radius 3 is 2.86 bits per heavy atom. The summed E-state index contributed by atoms with van der Waals surface area (Å²) in [4.78, 5) is 4.53. The fourth-order valence-corrected chi connectivity index (χ4v) is 4.84. The van der Waals surface area contributed by atoms with E-state index in [1.54, 1.807) is 0 Å². The first kappa shape index (κ1) is 13.6. The fraction of sp³-hybridized carbons (Fsp3) is 0.625. The number of nitrogens with one attached hydrogen (secondary N) is 1. The van der Waals surface area contributed by atoms with E-state index in [1.807, 2.05) is 23.1 Å². The first-order chi connectivity index (χ1) is 10.2. The number of nitrogens with zero attached hydrogens (tertiary/aromatic N) is 3. The molecular weight excluding hydrogens is 328 g/mol. The van der Waals surface area contributed by atoms with Crippen LogP contribution < -0.4 is 5.32 Å². The Balaban J connectivity index is 1.58. The highest BCUT2D eigenvalue weighted by atomic mass is 79.9. The Morgan fingerprint density at radius 1 is 1.33 bits per heavy atom. The number of hydrogen-bond acceptors (Lipinski definition) is 3. The molecule has 3 fully saturated rings. The normalized spacial score (nSPS) is 29.7. The summed E-state index contributed by atoms with van der Waals surface area (Å²) >= 11 is 3.57. The summed E-state index contributed by atoms with van der Waals surface area (Å²) in [7, 11) is 0. The molecule has 21 heavy (non-hydrogen) atoms. The standard InChI is InChI=1S/C16H21BrN4/c1-10(13-8-11-2-4-12(13)5-3-11)20-16-15-14(17)9-19-21(15)7-6-18-16/h6-7,9-13H,2-5,8H2,1H3,(H,18,20). The molecule has 0 spiro atoms. The van der Waals surface area contributed by atoms with Crippen LogP contribution in [0.5, 0.6) is 0 Å². The van der Waals surface area contributed by atoms with Gasteiger partial charge in [-0.05, 0) is 59.9 Å². The smallest absolute Gasteiger partial charge is 0.153 e. The van der Waals surface area contributed by atoms with E-state index in [4.69, 9.17) is 0 Å². The molecule has 5 rings (SSSR count). The van der Waals surface area contributed by atoms with Crippen LogP contribution in [0, 0.1) is 17.8 Å². The van der Waals surface area contributed by atoms with E-state index in [2.05, 4.69) is 38.3 Å². The summed E-state index contributed by atoms with van der Waals surface area (Å²) in [6.45, 7) is 2.32. The highest BCUT2D eigenvalue weighted by molar-refractivity contribution is 9.10.